The van der Waals surface area contributed by atoms with E-state index in [1.54, 1.807) is 38.1 Å². The highest BCUT2D eigenvalue weighted by Gasteiger charge is 2.29. The second kappa shape index (κ2) is 17.9. The van der Waals surface area contributed by atoms with E-state index in [-0.39, 0.29) is 56.2 Å². The maximum Gasteiger partial charge on any atom is 0.404 e. The van der Waals surface area contributed by atoms with Crippen molar-refractivity contribution in [3.63, 3.8) is 0 Å². The van der Waals surface area contributed by atoms with Gasteiger partial charge in [0.1, 0.15) is 18.7 Å². The zero-order chi connectivity index (χ0) is 32.6. The molecule has 240 valence electrons. The molecule has 0 saturated carbocycles. The zero-order valence-electron chi connectivity index (χ0n) is 24.9. The van der Waals surface area contributed by atoms with Gasteiger partial charge in [-0.2, -0.15) is 0 Å². The van der Waals surface area contributed by atoms with Gasteiger partial charge in [0.15, 0.2) is 0 Å². The van der Waals surface area contributed by atoms with Gasteiger partial charge in [-0.15, -0.1) is 0 Å². The molecule has 15 heteroatoms. The van der Waals surface area contributed by atoms with Crippen molar-refractivity contribution in [2.24, 2.45) is 17.4 Å². The molecule has 1 aromatic rings. The molecule has 2 atom stereocenters. The minimum Gasteiger partial charge on any atom is -0.445 e. The molecule has 1 aliphatic heterocycles. The standard InChI is InChI=1S/C29H41N7O8/c1-18(2)25(35-22(37)8-4-3-5-16-36-23(38)13-14-24(36)39)27(41)34-21(7-6-15-32-28(30)42)26(40)33-20-11-9-19(10-12-20)17-44-29(31)43/h9-14,18,21,25H,3-8,15-17H2,1-2H3,(H2,31,43)(H,33,40)(H,34,41)(H,35,37)(H3,30,32,42)/t21-,25-/m0/s1. The Morgan fingerprint density at radius 3 is 2.11 bits per heavy atom. The summed E-state index contributed by atoms with van der Waals surface area (Å²) < 4.78 is 4.74. The molecule has 0 aromatic heterocycles. The third kappa shape index (κ3) is 12.5. The molecule has 0 unspecified atom stereocenters. The number of ether oxygens (including phenoxy) is 1. The van der Waals surface area contributed by atoms with Crippen molar-refractivity contribution in [3.8, 4) is 0 Å². The first kappa shape index (κ1) is 35.2. The van der Waals surface area contributed by atoms with Crippen LogP contribution in [0.1, 0.15) is 57.9 Å². The molecule has 0 aliphatic carbocycles. The molecule has 0 saturated heterocycles. The minimum atomic E-state index is -1.00. The number of nitrogens with zero attached hydrogens (tertiary/aromatic N) is 1. The van der Waals surface area contributed by atoms with Gasteiger partial charge in [-0.25, -0.2) is 9.59 Å². The van der Waals surface area contributed by atoms with E-state index in [2.05, 4.69) is 21.3 Å². The molecule has 1 aliphatic rings. The summed E-state index contributed by atoms with van der Waals surface area (Å²) in [4.78, 5) is 85.3. The lowest BCUT2D eigenvalue weighted by atomic mass is 10.0. The van der Waals surface area contributed by atoms with Gasteiger partial charge in [-0.3, -0.25) is 28.9 Å². The molecular weight excluding hydrogens is 574 g/mol. The lowest BCUT2D eigenvalue weighted by molar-refractivity contribution is -0.137. The van der Waals surface area contributed by atoms with E-state index in [0.717, 1.165) is 4.90 Å². The third-order valence-electron chi connectivity index (χ3n) is 6.66. The van der Waals surface area contributed by atoms with Crippen LogP contribution in [-0.2, 0) is 35.3 Å². The Labute approximate surface area is 255 Å². The summed E-state index contributed by atoms with van der Waals surface area (Å²) in [7, 11) is 0. The maximum absolute atomic E-state index is 13.3. The zero-order valence-corrected chi connectivity index (χ0v) is 24.9. The second-order valence-electron chi connectivity index (χ2n) is 10.5. The second-order valence-corrected chi connectivity index (χ2v) is 10.5. The summed E-state index contributed by atoms with van der Waals surface area (Å²) in [6.45, 7) is 3.95. The smallest absolute Gasteiger partial charge is 0.404 e. The number of benzene rings is 1. The molecule has 1 aromatic carbocycles. The molecule has 1 heterocycles. The van der Waals surface area contributed by atoms with E-state index in [4.69, 9.17) is 16.2 Å². The van der Waals surface area contributed by atoms with Crippen molar-refractivity contribution in [1.29, 1.82) is 0 Å². The summed E-state index contributed by atoms with van der Waals surface area (Å²) in [5.74, 6) is -2.40. The van der Waals surface area contributed by atoms with Gasteiger partial charge in [0.25, 0.3) is 11.8 Å². The van der Waals surface area contributed by atoms with Crippen molar-refractivity contribution in [2.75, 3.05) is 18.4 Å². The van der Waals surface area contributed by atoms with E-state index < -0.39 is 36.0 Å². The maximum atomic E-state index is 13.3. The number of hydrogen-bond donors (Lipinski definition) is 6. The fourth-order valence-corrected chi connectivity index (χ4v) is 4.28. The Balaban J connectivity index is 1.94. The topological polar surface area (TPSA) is 232 Å². The number of unbranched alkanes of at least 4 members (excludes halogenated alkanes) is 2. The van der Waals surface area contributed by atoms with Gasteiger partial charge in [0, 0.05) is 37.3 Å². The van der Waals surface area contributed by atoms with E-state index in [1.807, 2.05) is 0 Å². The van der Waals surface area contributed by atoms with Crippen molar-refractivity contribution in [3.05, 3.63) is 42.0 Å². The van der Waals surface area contributed by atoms with Gasteiger partial charge < -0.3 is 37.5 Å². The highest BCUT2D eigenvalue weighted by molar-refractivity contribution is 6.12. The largest absolute Gasteiger partial charge is 0.445 e. The number of rotatable bonds is 18. The first-order chi connectivity index (χ1) is 20.9. The number of nitrogens with one attached hydrogen (secondary N) is 4. The first-order valence-corrected chi connectivity index (χ1v) is 14.4. The molecule has 0 fully saturated rings. The predicted octanol–water partition coefficient (Wildman–Crippen LogP) is 0.780. The summed E-state index contributed by atoms with van der Waals surface area (Å²) in [6, 6.07) is 3.83. The Hall–Kier alpha value is -4.95. The minimum absolute atomic E-state index is 0.0320. The Morgan fingerprint density at radius 1 is 0.864 bits per heavy atom. The van der Waals surface area contributed by atoms with Gasteiger partial charge in [-0.1, -0.05) is 32.4 Å². The SMILES string of the molecule is CC(C)[C@H](NC(=O)CCCCCN1C(=O)C=CC1=O)C(=O)N[C@@H](CCCNC(N)=O)C(=O)Nc1ccc(COC(N)=O)cc1. The fourth-order valence-electron chi connectivity index (χ4n) is 4.28. The van der Waals surface area contributed by atoms with Crippen molar-refractivity contribution < 1.29 is 38.3 Å². The highest BCUT2D eigenvalue weighted by atomic mass is 16.5. The van der Waals surface area contributed by atoms with E-state index in [1.165, 1.54) is 12.2 Å². The molecular formula is C29H41N7O8. The Kier molecular flexibility index (Phi) is 14.3. The van der Waals surface area contributed by atoms with Gasteiger partial charge in [-0.05, 0) is 49.3 Å². The number of nitrogens with two attached hydrogens (primary N) is 2. The van der Waals surface area contributed by atoms with Crippen molar-refractivity contribution >= 4 is 47.3 Å². The van der Waals surface area contributed by atoms with Crippen LogP contribution in [0.25, 0.3) is 0 Å². The monoisotopic (exact) mass is 615 g/mol. The van der Waals surface area contributed by atoms with E-state index in [0.29, 0.717) is 36.9 Å². The number of carbonyl (C=O) groups excluding carboxylic acids is 7. The average Bonchev–Trinajstić information content (AvgIpc) is 3.28. The van der Waals surface area contributed by atoms with Crippen molar-refractivity contribution in [2.45, 2.75) is 71.1 Å². The van der Waals surface area contributed by atoms with Gasteiger partial charge in [0.05, 0.1) is 0 Å². The van der Waals surface area contributed by atoms with Crippen LogP contribution >= 0.6 is 0 Å². The summed E-state index contributed by atoms with van der Waals surface area (Å²) in [6.07, 6.45) is 3.81. The Morgan fingerprint density at radius 2 is 1.52 bits per heavy atom. The molecule has 15 nitrogen and oxygen atoms in total. The predicted molar refractivity (Wildman–Crippen MR) is 159 cm³/mol. The van der Waals surface area contributed by atoms with Crippen LogP contribution in [-0.4, -0.2) is 71.7 Å². The third-order valence-corrected chi connectivity index (χ3v) is 6.66. The molecule has 8 N–H and O–H groups in total. The first-order valence-electron chi connectivity index (χ1n) is 14.4. The molecule has 0 spiro atoms. The summed E-state index contributed by atoms with van der Waals surface area (Å²) in [5, 5.41) is 10.6. The lowest BCUT2D eigenvalue weighted by Gasteiger charge is -2.25. The molecule has 0 bridgehead atoms. The molecule has 2 rings (SSSR count). The van der Waals surface area contributed by atoms with Crippen LogP contribution in [0.15, 0.2) is 36.4 Å². The van der Waals surface area contributed by atoms with Crippen LogP contribution in [0, 0.1) is 5.92 Å². The molecule has 8 amide bonds. The lowest BCUT2D eigenvalue weighted by Crippen LogP contribution is -2.54. The number of urea groups is 1. The van der Waals surface area contributed by atoms with E-state index in [9.17, 15) is 33.6 Å². The van der Waals surface area contributed by atoms with Crippen LogP contribution < -0.4 is 32.7 Å². The molecule has 0 radical (unpaired) electrons. The van der Waals surface area contributed by atoms with Gasteiger partial charge in [0.2, 0.25) is 17.7 Å². The summed E-state index contributed by atoms with van der Waals surface area (Å²) >= 11 is 0. The van der Waals surface area contributed by atoms with Crippen molar-refractivity contribution in [1.82, 2.24) is 20.9 Å². The number of carbonyl (C=O) groups is 7. The summed E-state index contributed by atoms with van der Waals surface area (Å²) in [5.41, 5.74) is 11.2. The highest BCUT2D eigenvalue weighted by Crippen LogP contribution is 2.13. The van der Waals surface area contributed by atoms with Gasteiger partial charge >= 0.3 is 12.1 Å². The van der Waals surface area contributed by atoms with E-state index >= 15 is 0 Å². The van der Waals surface area contributed by atoms with Crippen LogP contribution in [0.4, 0.5) is 15.3 Å². The van der Waals surface area contributed by atoms with Crippen LogP contribution in [0.2, 0.25) is 0 Å². The van der Waals surface area contributed by atoms with Crippen LogP contribution in [0.5, 0.6) is 0 Å². The number of primary amides is 2. The number of hydrogen-bond acceptors (Lipinski definition) is 8. The normalized spacial score (nSPS) is 13.8. The molecule has 44 heavy (non-hydrogen) atoms. The average molecular weight is 616 g/mol. The number of anilines is 1. The Bertz CT molecular complexity index is 1210. The number of amides is 8. The quantitative estimate of drug-likeness (QED) is 0.102. The van der Waals surface area contributed by atoms with Crippen LogP contribution in [0.3, 0.4) is 0 Å². The number of imide groups is 1. The fraction of sp³-hybridized carbons (Fsp3) is 0.483.